The topological polar surface area (TPSA) is 26.7 Å². The molecule has 1 heterocycles. The molecule has 4 heteroatoms. The number of aliphatic hydroxyl groups is 1. The van der Waals surface area contributed by atoms with Crippen molar-refractivity contribution in [2.75, 3.05) is 29.9 Å². The first-order chi connectivity index (χ1) is 9.70. The molecule has 0 aromatic heterocycles. The Kier molecular flexibility index (Phi) is 3.68. The number of fused-ring (bicyclic) bond motifs is 1. The molecule has 0 aliphatic carbocycles. The molecule has 0 saturated carbocycles. The Labute approximate surface area is 127 Å². The van der Waals surface area contributed by atoms with Crippen molar-refractivity contribution in [1.82, 2.24) is 0 Å². The van der Waals surface area contributed by atoms with Crippen LogP contribution >= 0.6 is 15.9 Å². The maximum Gasteiger partial charge on any atom is 0.0702 e. The summed E-state index contributed by atoms with van der Waals surface area (Å²) >= 11 is 3.46. The summed E-state index contributed by atoms with van der Waals surface area (Å²) in [5.41, 5.74) is 4.44. The van der Waals surface area contributed by atoms with Crippen LogP contribution < -0.4 is 9.80 Å². The predicted octanol–water partition coefficient (Wildman–Crippen LogP) is 3.53. The van der Waals surface area contributed by atoms with Gasteiger partial charge >= 0.3 is 0 Å². The molecule has 0 spiro atoms. The molecule has 0 radical (unpaired) electrons. The first-order valence-corrected chi connectivity index (χ1v) is 7.47. The smallest absolute Gasteiger partial charge is 0.0702 e. The van der Waals surface area contributed by atoms with Crippen molar-refractivity contribution in [3.8, 4) is 0 Å². The molecule has 0 fully saturated rings. The van der Waals surface area contributed by atoms with E-state index in [0.717, 1.165) is 28.8 Å². The van der Waals surface area contributed by atoms with Gasteiger partial charge in [0.1, 0.15) is 0 Å². The zero-order chi connectivity index (χ0) is 14.1. The lowest BCUT2D eigenvalue weighted by molar-refractivity contribution is 0.282. The zero-order valence-electron chi connectivity index (χ0n) is 11.4. The normalized spacial score (nSPS) is 14.3. The third kappa shape index (κ3) is 2.30. The van der Waals surface area contributed by atoms with Crippen LogP contribution in [0.15, 0.2) is 46.9 Å². The average Bonchev–Trinajstić information content (AvgIpc) is 2.48. The Morgan fingerprint density at radius 1 is 1.05 bits per heavy atom. The van der Waals surface area contributed by atoms with Gasteiger partial charge in [-0.3, -0.25) is 0 Å². The fourth-order valence-corrected chi connectivity index (χ4v) is 3.11. The molecule has 1 aliphatic rings. The average molecular weight is 333 g/mol. The summed E-state index contributed by atoms with van der Waals surface area (Å²) < 4.78 is 0.993. The minimum absolute atomic E-state index is 0.0449. The largest absolute Gasteiger partial charge is 0.392 e. The van der Waals surface area contributed by atoms with Gasteiger partial charge in [0.25, 0.3) is 0 Å². The van der Waals surface area contributed by atoms with Gasteiger partial charge in [0, 0.05) is 35.9 Å². The zero-order valence-corrected chi connectivity index (χ0v) is 13.0. The van der Waals surface area contributed by atoms with Crippen molar-refractivity contribution in [3.05, 3.63) is 52.5 Å². The van der Waals surface area contributed by atoms with Crippen molar-refractivity contribution in [3.63, 3.8) is 0 Å². The Hall–Kier alpha value is -1.52. The van der Waals surface area contributed by atoms with Gasteiger partial charge < -0.3 is 14.9 Å². The molecular formula is C16H17BrN2O. The molecule has 0 unspecified atom stereocenters. The lowest BCUT2D eigenvalue weighted by Gasteiger charge is -2.37. The van der Waals surface area contributed by atoms with Crippen molar-refractivity contribution >= 4 is 33.0 Å². The second kappa shape index (κ2) is 5.46. The van der Waals surface area contributed by atoms with Crippen LogP contribution in [0.1, 0.15) is 5.56 Å². The maximum atomic E-state index is 9.62. The summed E-state index contributed by atoms with van der Waals surface area (Å²) in [5, 5.41) is 9.62. The first-order valence-electron chi connectivity index (χ1n) is 6.67. The van der Waals surface area contributed by atoms with Crippen LogP contribution in [-0.2, 0) is 6.61 Å². The van der Waals surface area contributed by atoms with Crippen LogP contribution in [0.2, 0.25) is 0 Å². The lowest BCUT2D eigenvalue weighted by atomic mass is 10.1. The molecule has 3 rings (SSSR count). The Bertz CT molecular complexity index is 630. The Morgan fingerprint density at radius 2 is 1.80 bits per heavy atom. The van der Waals surface area contributed by atoms with Crippen molar-refractivity contribution in [2.24, 2.45) is 0 Å². The van der Waals surface area contributed by atoms with E-state index < -0.39 is 0 Å². The molecule has 1 aliphatic heterocycles. The monoisotopic (exact) mass is 332 g/mol. The summed E-state index contributed by atoms with van der Waals surface area (Å²) in [6.07, 6.45) is 0. The molecule has 0 amide bonds. The standard InChI is InChI=1S/C16H17BrN2O/c1-18-8-9-19(16-5-3-2-4-15(16)18)14-7-6-13(17)10-12(14)11-20/h2-7,10,20H,8-9,11H2,1H3. The van der Waals surface area contributed by atoms with Crippen LogP contribution in [-0.4, -0.2) is 25.2 Å². The summed E-state index contributed by atoms with van der Waals surface area (Å²) in [6.45, 7) is 1.93. The predicted molar refractivity (Wildman–Crippen MR) is 86.8 cm³/mol. The fourth-order valence-electron chi connectivity index (χ4n) is 2.70. The van der Waals surface area contributed by atoms with E-state index in [4.69, 9.17) is 0 Å². The van der Waals surface area contributed by atoms with Crippen LogP contribution in [0, 0.1) is 0 Å². The van der Waals surface area contributed by atoms with E-state index in [2.05, 4.69) is 63.1 Å². The molecular weight excluding hydrogens is 316 g/mol. The van der Waals surface area contributed by atoms with Crippen LogP contribution in [0.3, 0.4) is 0 Å². The van der Waals surface area contributed by atoms with Gasteiger partial charge in [-0.25, -0.2) is 0 Å². The highest BCUT2D eigenvalue weighted by Gasteiger charge is 2.22. The van der Waals surface area contributed by atoms with E-state index >= 15 is 0 Å². The number of halogens is 1. The third-order valence-electron chi connectivity index (χ3n) is 3.75. The summed E-state index contributed by atoms with van der Waals surface area (Å²) in [4.78, 5) is 4.55. The van der Waals surface area contributed by atoms with E-state index in [1.807, 2.05) is 12.1 Å². The number of hydrogen-bond acceptors (Lipinski definition) is 3. The number of anilines is 3. The van der Waals surface area contributed by atoms with Crippen LogP contribution in [0.5, 0.6) is 0 Å². The quantitative estimate of drug-likeness (QED) is 0.911. The second-order valence-corrected chi connectivity index (χ2v) is 5.91. The second-order valence-electron chi connectivity index (χ2n) is 4.99. The van der Waals surface area contributed by atoms with E-state index in [1.54, 1.807) is 0 Å². The molecule has 1 N–H and O–H groups in total. The summed E-state index contributed by atoms with van der Waals surface area (Å²) in [6, 6.07) is 14.5. The Morgan fingerprint density at radius 3 is 2.55 bits per heavy atom. The van der Waals surface area contributed by atoms with Crippen molar-refractivity contribution in [1.29, 1.82) is 0 Å². The number of para-hydroxylation sites is 2. The molecule has 104 valence electrons. The van der Waals surface area contributed by atoms with Gasteiger partial charge in [0.15, 0.2) is 0 Å². The summed E-state index contributed by atoms with van der Waals surface area (Å²) in [5.74, 6) is 0. The van der Waals surface area contributed by atoms with Gasteiger partial charge in [0.2, 0.25) is 0 Å². The molecule has 0 bridgehead atoms. The van der Waals surface area contributed by atoms with Gasteiger partial charge in [-0.1, -0.05) is 28.1 Å². The number of benzene rings is 2. The highest BCUT2D eigenvalue weighted by Crippen LogP contribution is 2.38. The third-order valence-corrected chi connectivity index (χ3v) is 4.24. The lowest BCUT2D eigenvalue weighted by Crippen LogP contribution is -2.36. The first kappa shape index (κ1) is 13.5. The van der Waals surface area contributed by atoms with Crippen LogP contribution in [0.25, 0.3) is 0 Å². The number of aliphatic hydroxyl groups excluding tert-OH is 1. The number of likely N-dealkylation sites (N-methyl/N-ethyl adjacent to an activating group) is 1. The van der Waals surface area contributed by atoms with E-state index in [9.17, 15) is 5.11 Å². The molecule has 2 aromatic carbocycles. The highest BCUT2D eigenvalue weighted by atomic mass is 79.9. The van der Waals surface area contributed by atoms with E-state index in [-0.39, 0.29) is 6.61 Å². The van der Waals surface area contributed by atoms with Crippen LogP contribution in [0.4, 0.5) is 17.1 Å². The van der Waals surface area contributed by atoms with Gasteiger partial charge in [0.05, 0.1) is 18.0 Å². The SMILES string of the molecule is CN1CCN(c2ccc(Br)cc2CO)c2ccccc21. The Balaban J connectivity index is 2.10. The van der Waals surface area contributed by atoms with Crippen molar-refractivity contribution < 1.29 is 5.11 Å². The fraction of sp³-hybridized carbons (Fsp3) is 0.250. The number of hydrogen-bond donors (Lipinski definition) is 1. The highest BCUT2D eigenvalue weighted by molar-refractivity contribution is 9.10. The minimum Gasteiger partial charge on any atom is -0.392 e. The number of nitrogens with zero attached hydrogens (tertiary/aromatic N) is 2. The van der Waals surface area contributed by atoms with Gasteiger partial charge in [-0.05, 0) is 30.3 Å². The number of rotatable bonds is 2. The minimum atomic E-state index is 0.0449. The van der Waals surface area contributed by atoms with Gasteiger partial charge in [-0.2, -0.15) is 0 Å². The van der Waals surface area contributed by atoms with E-state index in [0.29, 0.717) is 0 Å². The molecule has 0 atom stereocenters. The summed E-state index contributed by atoms with van der Waals surface area (Å²) in [7, 11) is 2.12. The van der Waals surface area contributed by atoms with Crippen molar-refractivity contribution in [2.45, 2.75) is 6.61 Å². The maximum absolute atomic E-state index is 9.62. The molecule has 3 nitrogen and oxygen atoms in total. The van der Waals surface area contributed by atoms with E-state index in [1.165, 1.54) is 11.4 Å². The van der Waals surface area contributed by atoms with Gasteiger partial charge in [-0.15, -0.1) is 0 Å². The molecule has 0 saturated heterocycles. The molecule has 20 heavy (non-hydrogen) atoms. The molecule has 2 aromatic rings.